The van der Waals surface area contributed by atoms with Crippen LogP contribution >= 0.6 is 0 Å². The molecular weight excluding hydrogens is 205 g/mol. The van der Waals surface area contributed by atoms with Crippen molar-refractivity contribution in [2.45, 2.75) is 0 Å². The predicted molar refractivity (Wildman–Crippen MR) is 36.7 cm³/mol. The quantitative estimate of drug-likeness (QED) is 0.335. The molecule has 0 fully saturated rings. The molecule has 9 heavy (non-hydrogen) atoms. The zero-order chi connectivity index (χ0) is 5.15. The summed E-state index contributed by atoms with van der Waals surface area (Å²) >= 11 is 0. The summed E-state index contributed by atoms with van der Waals surface area (Å²) in [5.41, 5.74) is 0. The summed E-state index contributed by atoms with van der Waals surface area (Å²) in [5.74, 6) is -3.65. The van der Waals surface area contributed by atoms with Crippen LogP contribution in [0.15, 0.2) is 0 Å². The van der Waals surface area contributed by atoms with Crippen LogP contribution in [0.25, 0.3) is 0 Å². The van der Waals surface area contributed by atoms with E-state index in [0.29, 0.717) is 0 Å². The number of hydrogen-bond donors (Lipinski definition) is 2. The van der Waals surface area contributed by atoms with Gasteiger partial charge < -0.3 is 10.2 Å². The van der Waals surface area contributed by atoms with E-state index in [1.54, 1.807) is 0 Å². The second-order valence-electron chi connectivity index (χ2n) is 0.610. The molecule has 0 atom stereocenters. The van der Waals surface area contributed by atoms with E-state index in [9.17, 15) is 0 Å². The molecule has 0 rings (SSSR count). The Kier molecular flexibility index (Phi) is 36.8. The zero-order valence-corrected chi connectivity index (χ0v) is 2.71. The van der Waals surface area contributed by atoms with Gasteiger partial charge in [-0.25, -0.2) is 9.59 Å². The second kappa shape index (κ2) is 14.4. The van der Waals surface area contributed by atoms with Crippen LogP contribution < -0.4 is 0 Å². The summed E-state index contributed by atoms with van der Waals surface area (Å²) in [7, 11) is 0. The van der Waals surface area contributed by atoms with Gasteiger partial charge in [0.25, 0.3) is 0 Å². The predicted octanol–water partition coefficient (Wildman–Crippen LogP) is -2.79. The maximum atomic E-state index is 9.10. The first-order valence-electron chi connectivity index (χ1n) is 1.11. The van der Waals surface area contributed by atoms with Crippen LogP contribution in [0.2, 0.25) is 0 Å². The molecule has 0 saturated heterocycles. The van der Waals surface area contributed by atoms with Crippen molar-refractivity contribution >= 4 is 166 Å². The van der Waals surface area contributed by atoms with Crippen molar-refractivity contribution in [3.05, 3.63) is 0 Å². The van der Waals surface area contributed by atoms with Crippen LogP contribution in [0.5, 0.6) is 0 Å². The van der Waals surface area contributed by atoms with Crippen molar-refractivity contribution in [1.29, 1.82) is 0 Å². The Balaban J connectivity index is -0.0000000417. The topological polar surface area (TPSA) is 74.6 Å². The minimum atomic E-state index is -1.82. The Bertz CT molecular complexity index is 79.8. The van der Waals surface area contributed by atoms with Gasteiger partial charge in [-0.15, -0.1) is 0 Å². The number of carbonyl (C=O) groups is 2. The standard InChI is InChI=1S/C2H2O4.3K.3H/c3-1(4)2(5)6;;;;;;/h(H,3,4)(H,5,6);;;;;;. The van der Waals surface area contributed by atoms with Gasteiger partial charge in [-0.05, 0) is 0 Å². The minimum absolute atomic E-state index is 0. The Morgan fingerprint density at radius 3 is 0.889 bits per heavy atom. The van der Waals surface area contributed by atoms with Crippen LogP contribution in [0.4, 0.5) is 0 Å². The average molecular weight is 210 g/mol. The van der Waals surface area contributed by atoms with Gasteiger partial charge in [-0.1, -0.05) is 0 Å². The first kappa shape index (κ1) is 23.0. The molecule has 7 heteroatoms. The van der Waals surface area contributed by atoms with Gasteiger partial charge in [0, 0.05) is 0 Å². The molecule has 0 aliphatic carbocycles. The molecule has 0 unspecified atom stereocenters. The summed E-state index contributed by atoms with van der Waals surface area (Å²) in [4.78, 5) is 18.2. The monoisotopic (exact) mass is 210 g/mol. The molecule has 0 amide bonds. The fraction of sp³-hybridized carbons (Fsp3) is 0. The van der Waals surface area contributed by atoms with Crippen molar-refractivity contribution in [3.8, 4) is 0 Å². The van der Waals surface area contributed by atoms with E-state index >= 15 is 0 Å². The van der Waals surface area contributed by atoms with E-state index in [1.165, 1.54) is 0 Å². The van der Waals surface area contributed by atoms with Gasteiger partial charge in [0.15, 0.2) is 0 Å². The molecule has 40 valence electrons. The fourth-order valence-electron chi connectivity index (χ4n) is 0. The molecule has 0 aromatic heterocycles. The molecule has 0 spiro atoms. The maximum absolute atomic E-state index is 9.10. The van der Waals surface area contributed by atoms with E-state index in [2.05, 4.69) is 0 Å². The summed E-state index contributed by atoms with van der Waals surface area (Å²) < 4.78 is 0. The third kappa shape index (κ3) is 18.7. The molecule has 0 bridgehead atoms. The number of carboxylic acid groups (broad SMARTS) is 2. The van der Waals surface area contributed by atoms with Gasteiger partial charge >= 0.3 is 166 Å². The van der Waals surface area contributed by atoms with Crippen LogP contribution in [0.3, 0.4) is 0 Å². The van der Waals surface area contributed by atoms with Gasteiger partial charge in [-0.3, -0.25) is 0 Å². The fourth-order valence-corrected chi connectivity index (χ4v) is 0. The van der Waals surface area contributed by atoms with E-state index in [4.69, 9.17) is 19.8 Å². The van der Waals surface area contributed by atoms with E-state index in [0.717, 1.165) is 0 Å². The molecule has 0 aromatic rings. The van der Waals surface area contributed by atoms with Crippen molar-refractivity contribution < 1.29 is 19.8 Å². The molecule has 0 aromatic carbocycles. The Morgan fingerprint density at radius 2 is 0.889 bits per heavy atom. The van der Waals surface area contributed by atoms with E-state index in [-0.39, 0.29) is 154 Å². The summed E-state index contributed by atoms with van der Waals surface area (Å²) in [6.45, 7) is 0. The van der Waals surface area contributed by atoms with Crippen molar-refractivity contribution in [2.75, 3.05) is 0 Å². The summed E-state index contributed by atoms with van der Waals surface area (Å²) in [5, 5.41) is 14.8. The van der Waals surface area contributed by atoms with E-state index in [1.807, 2.05) is 0 Å². The first-order chi connectivity index (χ1) is 2.64. The van der Waals surface area contributed by atoms with Gasteiger partial charge in [0.2, 0.25) is 0 Å². The molecule has 0 radical (unpaired) electrons. The van der Waals surface area contributed by atoms with Crippen LogP contribution in [0.1, 0.15) is 0 Å². The van der Waals surface area contributed by atoms with Crippen molar-refractivity contribution in [2.24, 2.45) is 0 Å². The van der Waals surface area contributed by atoms with Crippen LogP contribution in [-0.2, 0) is 9.59 Å². The Hall–Kier alpha value is 3.85. The van der Waals surface area contributed by atoms with Gasteiger partial charge in [0.1, 0.15) is 0 Å². The number of aliphatic carboxylic acids is 2. The Labute approximate surface area is 180 Å². The van der Waals surface area contributed by atoms with E-state index < -0.39 is 11.9 Å². The summed E-state index contributed by atoms with van der Waals surface area (Å²) in [6.07, 6.45) is 0. The first-order valence-corrected chi connectivity index (χ1v) is 1.11. The molecule has 0 aliphatic heterocycles. The molecular formula is C2H5K3O4. The number of hydrogen-bond acceptors (Lipinski definition) is 2. The summed E-state index contributed by atoms with van der Waals surface area (Å²) in [6, 6.07) is 0. The van der Waals surface area contributed by atoms with Gasteiger partial charge in [0.05, 0.1) is 0 Å². The number of rotatable bonds is 0. The van der Waals surface area contributed by atoms with Crippen LogP contribution in [0, 0.1) is 0 Å². The van der Waals surface area contributed by atoms with Gasteiger partial charge in [-0.2, -0.15) is 0 Å². The zero-order valence-electron chi connectivity index (χ0n) is 2.71. The number of carboxylic acids is 2. The molecule has 2 N–H and O–H groups in total. The molecule has 4 nitrogen and oxygen atoms in total. The third-order valence-corrected chi connectivity index (χ3v) is 0.183. The molecule has 0 aliphatic rings. The average Bonchev–Trinajstić information content (AvgIpc) is 1.36. The third-order valence-electron chi connectivity index (χ3n) is 0.183. The molecule has 0 heterocycles. The molecule has 0 saturated carbocycles. The Morgan fingerprint density at radius 1 is 0.778 bits per heavy atom. The SMILES string of the molecule is O=C(O)C(=O)O.[KH].[KH].[KH]. The second-order valence-corrected chi connectivity index (χ2v) is 0.610. The van der Waals surface area contributed by atoms with Crippen molar-refractivity contribution in [3.63, 3.8) is 0 Å². The van der Waals surface area contributed by atoms with Crippen LogP contribution in [-0.4, -0.2) is 176 Å². The van der Waals surface area contributed by atoms with Crippen molar-refractivity contribution in [1.82, 2.24) is 0 Å². The normalized spacial score (nSPS) is 4.89.